The van der Waals surface area contributed by atoms with Crippen molar-refractivity contribution in [3.63, 3.8) is 0 Å². The number of amides is 2. The molecule has 1 aliphatic rings. The maximum Gasteiger partial charge on any atom is 0.231 e. The van der Waals surface area contributed by atoms with Crippen LogP contribution in [-0.4, -0.2) is 37.0 Å². The molecule has 2 aromatic carbocycles. The van der Waals surface area contributed by atoms with Crippen molar-refractivity contribution in [2.45, 2.75) is 6.92 Å². The predicted molar refractivity (Wildman–Crippen MR) is 111 cm³/mol. The van der Waals surface area contributed by atoms with Crippen LogP contribution in [0, 0.1) is 5.92 Å². The van der Waals surface area contributed by atoms with Crippen LogP contribution in [-0.2, 0) is 9.59 Å². The lowest BCUT2D eigenvalue weighted by molar-refractivity contribution is -0.120. The second-order valence-corrected chi connectivity index (χ2v) is 7.69. The summed E-state index contributed by atoms with van der Waals surface area (Å²) in [5, 5.41) is 6.55. The minimum absolute atomic E-state index is 0.00805. The number of rotatable bonds is 5. The van der Waals surface area contributed by atoms with E-state index in [2.05, 4.69) is 20.5 Å². The predicted octanol–water partition coefficient (Wildman–Crippen LogP) is 3.34. The highest BCUT2D eigenvalue weighted by molar-refractivity contribution is 7.22. The third-order valence-electron chi connectivity index (χ3n) is 4.58. The number of thiazole rings is 1. The first-order valence-electron chi connectivity index (χ1n) is 8.90. The Morgan fingerprint density at radius 2 is 1.79 bits per heavy atom. The summed E-state index contributed by atoms with van der Waals surface area (Å²) in [5.74, 6) is 0.607. The second kappa shape index (κ2) is 7.47. The van der Waals surface area contributed by atoms with Crippen molar-refractivity contribution < 1.29 is 14.3 Å². The molecule has 144 valence electrons. The van der Waals surface area contributed by atoms with Gasteiger partial charge in [-0.3, -0.25) is 9.59 Å². The van der Waals surface area contributed by atoms with Crippen LogP contribution in [0.3, 0.4) is 0 Å². The molecule has 0 saturated carbocycles. The maximum atomic E-state index is 12.4. The number of anilines is 3. The van der Waals surface area contributed by atoms with E-state index in [1.807, 2.05) is 18.2 Å². The minimum atomic E-state index is -0.125. The zero-order valence-electron chi connectivity index (χ0n) is 15.6. The Bertz CT molecular complexity index is 1030. The molecule has 0 aliphatic carbocycles. The van der Waals surface area contributed by atoms with Gasteiger partial charge in [0.25, 0.3) is 0 Å². The summed E-state index contributed by atoms with van der Waals surface area (Å²) in [6.07, 6.45) is 0. The van der Waals surface area contributed by atoms with E-state index in [0.29, 0.717) is 24.5 Å². The van der Waals surface area contributed by atoms with E-state index < -0.39 is 0 Å². The molecule has 7 nitrogen and oxygen atoms in total. The third-order valence-corrected chi connectivity index (χ3v) is 5.66. The molecule has 2 amide bonds. The van der Waals surface area contributed by atoms with Crippen molar-refractivity contribution in [2.24, 2.45) is 5.92 Å². The van der Waals surface area contributed by atoms with Gasteiger partial charge in [-0.15, -0.1) is 0 Å². The molecule has 1 aromatic heterocycles. The normalized spacial score (nSPS) is 13.9. The van der Waals surface area contributed by atoms with Crippen LogP contribution in [0.15, 0.2) is 42.5 Å². The first-order valence-corrected chi connectivity index (χ1v) is 9.71. The lowest BCUT2D eigenvalue weighted by Gasteiger charge is -2.37. The van der Waals surface area contributed by atoms with Crippen LogP contribution in [0.4, 0.5) is 16.5 Å². The summed E-state index contributed by atoms with van der Waals surface area (Å²) >= 11 is 1.60. The SMILES string of the molecule is COc1ccc2nc(N3CC(C(=O)Nc4ccc(NC(C)=O)cc4)C3)sc2c1. The Balaban J connectivity index is 1.34. The summed E-state index contributed by atoms with van der Waals surface area (Å²) in [6, 6.07) is 12.9. The number of hydrogen-bond acceptors (Lipinski definition) is 6. The number of nitrogens with zero attached hydrogens (tertiary/aromatic N) is 2. The molecule has 28 heavy (non-hydrogen) atoms. The number of hydrogen-bond donors (Lipinski definition) is 2. The van der Waals surface area contributed by atoms with E-state index in [9.17, 15) is 9.59 Å². The van der Waals surface area contributed by atoms with E-state index in [-0.39, 0.29) is 17.7 Å². The number of aromatic nitrogens is 1. The lowest BCUT2D eigenvalue weighted by atomic mass is 10.00. The molecule has 4 rings (SSSR count). The van der Waals surface area contributed by atoms with Crippen LogP contribution in [0.25, 0.3) is 10.2 Å². The fourth-order valence-electron chi connectivity index (χ4n) is 3.04. The Hall–Kier alpha value is -3.13. The van der Waals surface area contributed by atoms with Gasteiger partial charge in [-0.05, 0) is 42.5 Å². The number of carbonyl (C=O) groups is 2. The number of benzene rings is 2. The lowest BCUT2D eigenvalue weighted by Crippen LogP contribution is -2.52. The molecule has 1 saturated heterocycles. The fourth-order valence-corrected chi connectivity index (χ4v) is 4.05. The molecule has 0 unspecified atom stereocenters. The Morgan fingerprint density at radius 3 is 2.43 bits per heavy atom. The zero-order chi connectivity index (χ0) is 19.7. The molecule has 1 fully saturated rings. The molecule has 3 aromatic rings. The van der Waals surface area contributed by atoms with Crippen LogP contribution in [0.5, 0.6) is 5.75 Å². The van der Waals surface area contributed by atoms with Crippen LogP contribution >= 0.6 is 11.3 Å². The highest BCUT2D eigenvalue weighted by Crippen LogP contribution is 2.34. The quantitative estimate of drug-likeness (QED) is 0.691. The average molecular weight is 396 g/mol. The van der Waals surface area contributed by atoms with Crippen LogP contribution < -0.4 is 20.3 Å². The fraction of sp³-hybridized carbons (Fsp3) is 0.250. The molecule has 2 N–H and O–H groups in total. The van der Waals surface area contributed by atoms with Gasteiger partial charge in [0.05, 0.1) is 23.2 Å². The summed E-state index contributed by atoms with van der Waals surface area (Å²) in [5.41, 5.74) is 2.35. The molecule has 0 bridgehead atoms. The second-order valence-electron chi connectivity index (χ2n) is 6.68. The minimum Gasteiger partial charge on any atom is -0.497 e. The molecule has 0 atom stereocenters. The van der Waals surface area contributed by atoms with Gasteiger partial charge >= 0.3 is 0 Å². The number of nitrogens with one attached hydrogen (secondary N) is 2. The van der Waals surface area contributed by atoms with E-state index >= 15 is 0 Å². The first kappa shape index (κ1) is 18.2. The summed E-state index contributed by atoms with van der Waals surface area (Å²) in [4.78, 5) is 30.3. The van der Waals surface area contributed by atoms with Gasteiger partial charge in [-0.25, -0.2) is 4.98 Å². The molecular formula is C20H20N4O3S. The molecule has 8 heteroatoms. The largest absolute Gasteiger partial charge is 0.497 e. The number of fused-ring (bicyclic) bond motifs is 1. The average Bonchev–Trinajstić information content (AvgIpc) is 3.04. The summed E-state index contributed by atoms with van der Waals surface area (Å²) < 4.78 is 6.33. The van der Waals surface area contributed by atoms with Crippen LogP contribution in [0.1, 0.15) is 6.92 Å². The van der Waals surface area contributed by atoms with Crippen LogP contribution in [0.2, 0.25) is 0 Å². The van der Waals surface area contributed by atoms with Gasteiger partial charge in [-0.2, -0.15) is 0 Å². The smallest absolute Gasteiger partial charge is 0.231 e. The van der Waals surface area contributed by atoms with E-state index in [1.165, 1.54) is 6.92 Å². The number of carbonyl (C=O) groups excluding carboxylic acids is 2. The molecule has 0 spiro atoms. The standard InChI is InChI=1S/C20H20N4O3S/c1-12(25)21-14-3-5-15(6-4-14)22-19(26)13-10-24(11-13)20-23-17-8-7-16(27-2)9-18(17)28-20/h3-9,13H,10-11H2,1-2H3,(H,21,25)(H,22,26). The van der Waals surface area contributed by atoms with Gasteiger partial charge in [0.2, 0.25) is 11.8 Å². The summed E-state index contributed by atoms with van der Waals surface area (Å²) in [6.45, 7) is 2.75. The molecule has 2 heterocycles. The van der Waals surface area contributed by atoms with Gasteiger partial charge in [0.15, 0.2) is 5.13 Å². The topological polar surface area (TPSA) is 83.6 Å². The van der Waals surface area contributed by atoms with E-state index in [0.717, 1.165) is 21.1 Å². The molecule has 1 aliphatic heterocycles. The number of methoxy groups -OCH3 is 1. The van der Waals surface area contributed by atoms with Crippen molar-refractivity contribution in [2.75, 3.05) is 35.7 Å². The zero-order valence-corrected chi connectivity index (χ0v) is 16.4. The Kier molecular flexibility index (Phi) is 4.87. The number of ether oxygens (including phenoxy) is 1. The molecular weight excluding hydrogens is 376 g/mol. The van der Waals surface area contributed by atoms with E-state index in [1.54, 1.807) is 42.7 Å². The monoisotopic (exact) mass is 396 g/mol. The first-order chi connectivity index (χ1) is 13.5. The van der Waals surface area contributed by atoms with Crippen molar-refractivity contribution >= 4 is 49.9 Å². The highest BCUT2D eigenvalue weighted by Gasteiger charge is 2.34. The van der Waals surface area contributed by atoms with Crippen molar-refractivity contribution in [1.82, 2.24) is 4.98 Å². The van der Waals surface area contributed by atoms with Gasteiger partial charge in [-0.1, -0.05) is 11.3 Å². The van der Waals surface area contributed by atoms with Crippen molar-refractivity contribution in [3.8, 4) is 5.75 Å². The van der Waals surface area contributed by atoms with Gasteiger partial charge < -0.3 is 20.3 Å². The maximum absolute atomic E-state index is 12.4. The Labute approximate surface area is 166 Å². The highest BCUT2D eigenvalue weighted by atomic mass is 32.1. The van der Waals surface area contributed by atoms with Crippen molar-refractivity contribution in [3.05, 3.63) is 42.5 Å². The van der Waals surface area contributed by atoms with Gasteiger partial charge in [0.1, 0.15) is 5.75 Å². The van der Waals surface area contributed by atoms with Crippen molar-refractivity contribution in [1.29, 1.82) is 0 Å². The summed E-state index contributed by atoms with van der Waals surface area (Å²) in [7, 11) is 1.65. The van der Waals surface area contributed by atoms with Gasteiger partial charge in [0, 0.05) is 31.4 Å². The third kappa shape index (κ3) is 3.77. The van der Waals surface area contributed by atoms with E-state index in [4.69, 9.17) is 4.74 Å². The Morgan fingerprint density at radius 1 is 1.11 bits per heavy atom. The molecule has 0 radical (unpaired) electrons.